The Morgan fingerprint density at radius 3 is 2.83 bits per heavy atom. The molecule has 10 nitrogen and oxygen atoms in total. The van der Waals surface area contributed by atoms with E-state index in [1.54, 1.807) is 23.4 Å². The van der Waals surface area contributed by atoms with Crippen molar-refractivity contribution in [3.8, 4) is 18.4 Å². The highest BCUT2D eigenvalue weighted by atomic mass is 19.1. The van der Waals surface area contributed by atoms with Gasteiger partial charge in [-0.1, -0.05) is 37.5 Å². The summed E-state index contributed by atoms with van der Waals surface area (Å²) in [7, 11) is 1.83. The lowest BCUT2D eigenvalue weighted by atomic mass is 9.81. The van der Waals surface area contributed by atoms with Gasteiger partial charge in [0.1, 0.15) is 24.4 Å². The lowest BCUT2D eigenvalue weighted by molar-refractivity contribution is -0.129. The van der Waals surface area contributed by atoms with Gasteiger partial charge in [0.15, 0.2) is 0 Å². The standard InChI is InChI=1S/C41H49F2N7O3/c1-5-31-33(43)12-11-28-18-30(51)19-35(37(28)31)49-17-13-32-34(24-49)46-39(47-38(32)45-25-41(14-7-8-15-41)48(4)36(52)6-2)53-26-40(3)20-29(42)23-50(40)22-27-10-9-16-44-21-27/h1,6,9-12,16,21,29-30,35,51H,2,7-8,13-15,17-20,22-26H2,3-4H3,(H,45,46,47)/t29-,30+,35+,40+/m1/s1. The van der Waals surface area contributed by atoms with Gasteiger partial charge in [-0.05, 0) is 73.9 Å². The number of likely N-dealkylation sites (tertiary alicyclic amines) is 1. The van der Waals surface area contributed by atoms with Crippen molar-refractivity contribution in [3.05, 3.63) is 88.6 Å². The van der Waals surface area contributed by atoms with Crippen LogP contribution in [-0.4, -0.2) is 97.3 Å². The normalized spacial score (nSPS) is 25.2. The van der Waals surface area contributed by atoms with Crippen molar-refractivity contribution in [1.82, 2.24) is 29.7 Å². The first-order valence-electron chi connectivity index (χ1n) is 18.7. The molecule has 7 rings (SSSR count). The number of fused-ring (bicyclic) bond motifs is 2. The molecule has 2 N–H and O–H groups in total. The first kappa shape index (κ1) is 36.9. The molecule has 4 aliphatic rings. The van der Waals surface area contributed by atoms with Crippen LogP contribution in [0.5, 0.6) is 6.01 Å². The maximum Gasteiger partial charge on any atom is 0.318 e. The molecule has 1 amide bonds. The number of ether oxygens (including phenoxy) is 1. The first-order chi connectivity index (χ1) is 25.5. The van der Waals surface area contributed by atoms with Crippen LogP contribution in [0.1, 0.15) is 85.0 Å². The number of pyridine rings is 1. The number of benzene rings is 1. The predicted octanol–water partition coefficient (Wildman–Crippen LogP) is 5.15. The number of hydrogen-bond acceptors (Lipinski definition) is 9. The largest absolute Gasteiger partial charge is 0.461 e. The van der Waals surface area contributed by atoms with Gasteiger partial charge in [-0.3, -0.25) is 19.6 Å². The minimum Gasteiger partial charge on any atom is -0.461 e. The zero-order valence-electron chi connectivity index (χ0n) is 30.7. The summed E-state index contributed by atoms with van der Waals surface area (Å²) in [5.41, 5.74) is 3.53. The van der Waals surface area contributed by atoms with E-state index in [1.807, 2.05) is 26.1 Å². The van der Waals surface area contributed by atoms with Crippen LogP contribution in [0.2, 0.25) is 0 Å². The van der Waals surface area contributed by atoms with Crippen LogP contribution in [0.4, 0.5) is 14.6 Å². The molecule has 2 aliphatic heterocycles. The predicted molar refractivity (Wildman–Crippen MR) is 198 cm³/mol. The number of nitrogens with one attached hydrogen (secondary N) is 1. The number of alkyl halides is 1. The van der Waals surface area contributed by atoms with Crippen molar-refractivity contribution in [2.24, 2.45) is 0 Å². The molecule has 2 aliphatic carbocycles. The average Bonchev–Trinajstić information content (AvgIpc) is 3.76. The quantitative estimate of drug-likeness (QED) is 0.205. The third-order valence-electron chi connectivity index (χ3n) is 12.0. The summed E-state index contributed by atoms with van der Waals surface area (Å²) in [6.45, 7) is 8.21. The van der Waals surface area contributed by atoms with Crippen LogP contribution in [0.15, 0.2) is 49.3 Å². The van der Waals surface area contributed by atoms with Crippen molar-refractivity contribution in [3.63, 3.8) is 0 Å². The van der Waals surface area contributed by atoms with Crippen molar-refractivity contribution in [2.45, 2.75) is 101 Å². The van der Waals surface area contributed by atoms with Gasteiger partial charge in [-0.25, -0.2) is 8.78 Å². The number of halogens is 2. The maximum atomic E-state index is 15.0. The van der Waals surface area contributed by atoms with E-state index in [-0.39, 0.29) is 36.7 Å². The highest BCUT2D eigenvalue weighted by Crippen LogP contribution is 2.41. The van der Waals surface area contributed by atoms with Crippen molar-refractivity contribution in [2.75, 3.05) is 38.6 Å². The number of aliphatic hydroxyl groups is 1. The number of likely N-dealkylation sites (N-methyl/N-ethyl adjacent to an activating group) is 1. The Kier molecular flexibility index (Phi) is 10.5. The number of anilines is 1. The third-order valence-corrected chi connectivity index (χ3v) is 12.0. The first-order valence-corrected chi connectivity index (χ1v) is 18.7. The van der Waals surface area contributed by atoms with E-state index < -0.39 is 29.2 Å². The van der Waals surface area contributed by atoms with Crippen LogP contribution < -0.4 is 10.1 Å². The summed E-state index contributed by atoms with van der Waals surface area (Å²) in [6, 6.07) is 6.84. The second kappa shape index (κ2) is 15.1. The van der Waals surface area contributed by atoms with Crippen molar-refractivity contribution in [1.29, 1.82) is 0 Å². The van der Waals surface area contributed by atoms with Crippen LogP contribution in [-0.2, 0) is 30.7 Å². The molecule has 2 fully saturated rings. The molecule has 280 valence electrons. The van der Waals surface area contributed by atoms with Gasteiger partial charge in [0, 0.05) is 70.2 Å². The zero-order chi connectivity index (χ0) is 37.3. The number of terminal acetylenes is 1. The number of hydrogen-bond donors (Lipinski definition) is 2. The molecule has 0 radical (unpaired) electrons. The molecule has 1 aromatic carbocycles. The Morgan fingerprint density at radius 2 is 2.09 bits per heavy atom. The van der Waals surface area contributed by atoms with Gasteiger partial charge in [0.2, 0.25) is 5.91 Å². The Morgan fingerprint density at radius 1 is 1.28 bits per heavy atom. The van der Waals surface area contributed by atoms with Gasteiger partial charge in [0.25, 0.3) is 0 Å². The topological polar surface area (TPSA) is 107 Å². The Bertz CT molecular complexity index is 1880. The van der Waals surface area contributed by atoms with Crippen LogP contribution >= 0.6 is 0 Å². The fourth-order valence-electron chi connectivity index (χ4n) is 9.04. The molecular formula is C41H49F2N7O3. The van der Waals surface area contributed by atoms with E-state index in [0.717, 1.165) is 53.6 Å². The van der Waals surface area contributed by atoms with E-state index in [4.69, 9.17) is 21.1 Å². The molecule has 0 unspecified atom stereocenters. The monoisotopic (exact) mass is 725 g/mol. The second-order valence-corrected chi connectivity index (χ2v) is 15.5. The summed E-state index contributed by atoms with van der Waals surface area (Å²) in [5.74, 6) is 2.65. The van der Waals surface area contributed by atoms with E-state index >= 15 is 8.78 Å². The van der Waals surface area contributed by atoms with Gasteiger partial charge in [-0.2, -0.15) is 9.97 Å². The lowest BCUT2D eigenvalue weighted by Gasteiger charge is -2.41. The van der Waals surface area contributed by atoms with Gasteiger partial charge < -0.3 is 20.1 Å². The summed E-state index contributed by atoms with van der Waals surface area (Å²) in [4.78, 5) is 33.0. The van der Waals surface area contributed by atoms with Gasteiger partial charge >= 0.3 is 6.01 Å². The van der Waals surface area contributed by atoms with E-state index in [0.29, 0.717) is 57.7 Å². The molecule has 1 saturated heterocycles. The fourth-order valence-corrected chi connectivity index (χ4v) is 9.04. The lowest BCUT2D eigenvalue weighted by Crippen LogP contribution is -2.51. The highest BCUT2D eigenvalue weighted by Gasteiger charge is 2.44. The number of nitrogens with zero attached hydrogens (tertiary/aromatic N) is 6. The van der Waals surface area contributed by atoms with Crippen molar-refractivity contribution >= 4 is 11.7 Å². The number of rotatable bonds is 11. The third kappa shape index (κ3) is 7.39. The molecule has 0 bridgehead atoms. The summed E-state index contributed by atoms with van der Waals surface area (Å²) >= 11 is 0. The smallest absolute Gasteiger partial charge is 0.318 e. The summed E-state index contributed by atoms with van der Waals surface area (Å²) in [5, 5.41) is 14.5. The maximum absolute atomic E-state index is 15.0. The summed E-state index contributed by atoms with van der Waals surface area (Å²) in [6.07, 6.45) is 14.6. The van der Waals surface area contributed by atoms with Crippen molar-refractivity contribution < 1.29 is 23.4 Å². The molecule has 0 spiro atoms. The molecule has 1 saturated carbocycles. The Hall–Kier alpha value is -4.44. The van der Waals surface area contributed by atoms with Gasteiger partial charge in [-0.15, -0.1) is 6.42 Å². The van der Waals surface area contributed by atoms with Crippen LogP contribution in [0.3, 0.4) is 0 Å². The van der Waals surface area contributed by atoms with E-state index in [1.165, 1.54) is 12.1 Å². The summed E-state index contributed by atoms with van der Waals surface area (Å²) < 4.78 is 36.4. The minimum absolute atomic E-state index is 0.123. The molecule has 2 aromatic heterocycles. The zero-order valence-corrected chi connectivity index (χ0v) is 30.7. The molecule has 12 heteroatoms. The average molecular weight is 726 g/mol. The minimum atomic E-state index is -1.00. The second-order valence-electron chi connectivity index (χ2n) is 15.5. The number of aliphatic hydroxyl groups excluding tert-OH is 1. The highest BCUT2D eigenvalue weighted by molar-refractivity contribution is 5.87. The number of aromatic nitrogens is 3. The fraction of sp³-hybridized carbons (Fsp3) is 0.512. The molecule has 53 heavy (non-hydrogen) atoms. The number of carbonyl (C=O) groups excluding carboxylic acids is 1. The van der Waals surface area contributed by atoms with Gasteiger partial charge in [0.05, 0.1) is 28.4 Å². The van der Waals surface area contributed by atoms with Crippen LogP contribution in [0, 0.1) is 18.2 Å². The molecular weight excluding hydrogens is 676 g/mol. The number of carbonyl (C=O) groups is 1. The molecule has 4 atom stereocenters. The Balaban J connectivity index is 1.20. The molecule has 3 aromatic rings. The van der Waals surface area contributed by atoms with E-state index in [2.05, 4.69) is 32.6 Å². The molecule has 4 heterocycles. The van der Waals surface area contributed by atoms with Crippen LogP contribution in [0.25, 0.3) is 0 Å². The Labute approximate surface area is 310 Å². The number of amides is 1. The SMILES string of the molecule is C#Cc1c(F)ccc2c1[C@@H](N1CCc3c(nc(OC[C@]4(C)C[C@@H](F)CN4Cc4cccnc4)nc3NCC3(N(C)C(=O)C=C)CCCC3)C1)C[C@@H](O)C2. The van der Waals surface area contributed by atoms with E-state index in [9.17, 15) is 9.90 Å².